The van der Waals surface area contributed by atoms with Gasteiger partial charge in [0.15, 0.2) is 0 Å². The van der Waals surface area contributed by atoms with E-state index in [1.165, 1.54) is 12.1 Å². The molecule has 1 rings (SSSR count). The number of halogens is 1. The molecular formula is C11H17ClN2O4S2. The Bertz CT molecular complexity index is 699. The molecule has 6 nitrogen and oxygen atoms in total. The van der Waals surface area contributed by atoms with Crippen LogP contribution in [0, 0.1) is 6.92 Å². The van der Waals surface area contributed by atoms with Crippen molar-refractivity contribution in [3.8, 4) is 0 Å². The van der Waals surface area contributed by atoms with Gasteiger partial charge in [-0.15, -0.1) is 0 Å². The molecule has 0 saturated carbocycles. The third-order valence-corrected chi connectivity index (χ3v) is 5.55. The SMILES string of the molecule is Cc1cc(Cl)c(S(=O)(=O)NCCCS(C)(=O)=O)cc1N. The number of nitrogens with two attached hydrogens (primary N) is 1. The predicted molar refractivity (Wildman–Crippen MR) is 80.1 cm³/mol. The second kappa shape index (κ2) is 6.30. The summed E-state index contributed by atoms with van der Waals surface area (Å²) in [6.45, 7) is 1.73. The number of anilines is 1. The molecule has 114 valence electrons. The minimum absolute atomic E-state index is 0.0134. The van der Waals surface area contributed by atoms with E-state index < -0.39 is 19.9 Å². The van der Waals surface area contributed by atoms with Crippen molar-refractivity contribution in [1.82, 2.24) is 4.72 Å². The van der Waals surface area contributed by atoms with E-state index in [2.05, 4.69) is 4.72 Å². The Morgan fingerprint density at radius 1 is 1.25 bits per heavy atom. The van der Waals surface area contributed by atoms with Gasteiger partial charge in [0.2, 0.25) is 10.0 Å². The van der Waals surface area contributed by atoms with Gasteiger partial charge in [0, 0.05) is 18.5 Å². The standard InChI is InChI=1S/C11H17ClN2O4S2/c1-8-6-9(12)11(7-10(8)13)20(17,18)14-4-3-5-19(2,15)16/h6-7,14H,3-5,13H2,1-2H3. The lowest BCUT2D eigenvalue weighted by molar-refractivity contribution is 0.577. The molecule has 0 aliphatic heterocycles. The second-order valence-electron chi connectivity index (χ2n) is 4.52. The molecule has 1 aromatic rings. The smallest absolute Gasteiger partial charge is 0.242 e. The van der Waals surface area contributed by atoms with Crippen LogP contribution in [0.25, 0.3) is 0 Å². The number of nitrogens with one attached hydrogen (secondary N) is 1. The third-order valence-electron chi connectivity index (χ3n) is 2.59. The maximum absolute atomic E-state index is 12.0. The average Bonchev–Trinajstić information content (AvgIpc) is 2.28. The summed E-state index contributed by atoms with van der Waals surface area (Å²) in [4.78, 5) is -0.110. The molecule has 0 aliphatic carbocycles. The summed E-state index contributed by atoms with van der Waals surface area (Å²) in [6.07, 6.45) is 1.29. The molecule has 9 heteroatoms. The summed E-state index contributed by atoms with van der Waals surface area (Å²) in [5.74, 6) is -0.0840. The summed E-state index contributed by atoms with van der Waals surface area (Å²) < 4.78 is 48.3. The Hall–Kier alpha value is -0.830. The summed E-state index contributed by atoms with van der Waals surface area (Å²) >= 11 is 5.90. The van der Waals surface area contributed by atoms with Crippen molar-refractivity contribution in [2.24, 2.45) is 0 Å². The molecule has 0 fully saturated rings. The Balaban J connectivity index is 2.82. The van der Waals surface area contributed by atoms with Crippen LogP contribution in [0.4, 0.5) is 5.69 Å². The summed E-state index contributed by atoms with van der Waals surface area (Å²) in [5.41, 5.74) is 6.68. The number of sulfone groups is 1. The highest BCUT2D eigenvalue weighted by Crippen LogP contribution is 2.26. The number of sulfonamides is 1. The normalized spacial score (nSPS) is 12.6. The van der Waals surface area contributed by atoms with E-state index in [1.807, 2.05) is 0 Å². The average molecular weight is 341 g/mol. The van der Waals surface area contributed by atoms with Crippen LogP contribution in [0.5, 0.6) is 0 Å². The van der Waals surface area contributed by atoms with Gasteiger partial charge in [-0.1, -0.05) is 11.6 Å². The van der Waals surface area contributed by atoms with E-state index in [-0.39, 0.29) is 28.6 Å². The zero-order chi connectivity index (χ0) is 15.6. The van der Waals surface area contributed by atoms with Gasteiger partial charge < -0.3 is 5.73 Å². The summed E-state index contributed by atoms with van der Waals surface area (Å²) in [5, 5.41) is 0.0762. The number of hydrogen-bond acceptors (Lipinski definition) is 5. The van der Waals surface area contributed by atoms with Gasteiger partial charge in [-0.25, -0.2) is 21.6 Å². The second-order valence-corrected chi connectivity index (χ2v) is 8.92. The van der Waals surface area contributed by atoms with Crippen LogP contribution in [0.1, 0.15) is 12.0 Å². The number of rotatable bonds is 6. The monoisotopic (exact) mass is 340 g/mol. The summed E-state index contributed by atoms with van der Waals surface area (Å²) in [6, 6.07) is 2.76. The minimum atomic E-state index is -3.80. The van der Waals surface area contributed by atoms with Crippen molar-refractivity contribution in [1.29, 1.82) is 0 Å². The summed E-state index contributed by atoms with van der Waals surface area (Å²) in [7, 11) is -6.91. The molecule has 0 saturated heterocycles. The maximum atomic E-state index is 12.0. The van der Waals surface area contributed by atoms with Crippen LogP contribution in [0.3, 0.4) is 0 Å². The molecule has 1 aromatic carbocycles. The topological polar surface area (TPSA) is 106 Å². The molecule has 0 radical (unpaired) electrons. The zero-order valence-corrected chi connectivity index (χ0v) is 13.6. The number of benzene rings is 1. The van der Waals surface area contributed by atoms with Crippen molar-refractivity contribution in [3.05, 3.63) is 22.7 Å². The molecule has 0 unspecified atom stereocenters. The molecule has 0 heterocycles. The van der Waals surface area contributed by atoms with Gasteiger partial charge in [-0.3, -0.25) is 0 Å². The molecule has 20 heavy (non-hydrogen) atoms. The lowest BCUT2D eigenvalue weighted by Crippen LogP contribution is -2.26. The molecular weight excluding hydrogens is 324 g/mol. The van der Waals surface area contributed by atoms with Crippen molar-refractivity contribution < 1.29 is 16.8 Å². The Morgan fingerprint density at radius 3 is 2.40 bits per heavy atom. The zero-order valence-electron chi connectivity index (χ0n) is 11.2. The number of nitrogen functional groups attached to an aromatic ring is 1. The van der Waals surface area contributed by atoms with Crippen molar-refractivity contribution in [2.45, 2.75) is 18.2 Å². The fourth-order valence-electron chi connectivity index (χ4n) is 1.49. The lowest BCUT2D eigenvalue weighted by Gasteiger charge is -2.10. The number of aryl methyl sites for hydroxylation is 1. The molecule has 0 aliphatic rings. The molecule has 0 aromatic heterocycles. The molecule has 0 amide bonds. The van der Waals surface area contributed by atoms with Gasteiger partial charge in [0.05, 0.1) is 10.8 Å². The number of hydrogen-bond donors (Lipinski definition) is 2. The van der Waals surface area contributed by atoms with E-state index in [4.69, 9.17) is 17.3 Å². The molecule has 0 bridgehead atoms. The van der Waals surface area contributed by atoms with Crippen LogP contribution >= 0.6 is 11.6 Å². The van der Waals surface area contributed by atoms with E-state index >= 15 is 0 Å². The lowest BCUT2D eigenvalue weighted by atomic mass is 10.2. The highest BCUT2D eigenvalue weighted by molar-refractivity contribution is 7.90. The van der Waals surface area contributed by atoms with E-state index in [0.717, 1.165) is 6.26 Å². The quantitative estimate of drug-likeness (QED) is 0.592. The van der Waals surface area contributed by atoms with Gasteiger partial charge >= 0.3 is 0 Å². The van der Waals surface area contributed by atoms with Gasteiger partial charge in [0.25, 0.3) is 0 Å². The van der Waals surface area contributed by atoms with Gasteiger partial charge in [-0.05, 0) is 31.0 Å². The first-order valence-electron chi connectivity index (χ1n) is 5.76. The van der Waals surface area contributed by atoms with E-state index in [1.54, 1.807) is 6.92 Å². The van der Waals surface area contributed by atoms with Crippen molar-refractivity contribution >= 4 is 37.1 Å². The first-order valence-corrected chi connectivity index (χ1v) is 9.68. The largest absolute Gasteiger partial charge is 0.398 e. The molecule has 0 spiro atoms. The third kappa shape index (κ3) is 4.93. The van der Waals surface area contributed by atoms with Gasteiger partial charge in [-0.2, -0.15) is 0 Å². The van der Waals surface area contributed by atoms with Crippen LogP contribution in [0.15, 0.2) is 17.0 Å². The maximum Gasteiger partial charge on any atom is 0.242 e. The van der Waals surface area contributed by atoms with Crippen LogP contribution in [-0.4, -0.2) is 35.4 Å². The highest BCUT2D eigenvalue weighted by atomic mass is 35.5. The van der Waals surface area contributed by atoms with E-state index in [9.17, 15) is 16.8 Å². The molecule has 0 atom stereocenters. The van der Waals surface area contributed by atoms with Crippen LogP contribution in [0.2, 0.25) is 5.02 Å². The fourth-order valence-corrected chi connectivity index (χ4v) is 3.85. The Morgan fingerprint density at radius 2 is 1.85 bits per heavy atom. The van der Waals surface area contributed by atoms with E-state index in [0.29, 0.717) is 11.3 Å². The van der Waals surface area contributed by atoms with Crippen LogP contribution in [-0.2, 0) is 19.9 Å². The van der Waals surface area contributed by atoms with Crippen molar-refractivity contribution in [2.75, 3.05) is 24.3 Å². The van der Waals surface area contributed by atoms with Crippen molar-refractivity contribution in [3.63, 3.8) is 0 Å². The first-order chi connectivity index (χ1) is 9.03. The Kier molecular flexibility index (Phi) is 5.42. The fraction of sp³-hybridized carbons (Fsp3) is 0.455. The molecule has 3 N–H and O–H groups in total. The first kappa shape index (κ1) is 17.2. The Labute approximate surface area is 124 Å². The van der Waals surface area contributed by atoms with Gasteiger partial charge in [0.1, 0.15) is 14.7 Å². The van der Waals surface area contributed by atoms with Crippen LogP contribution < -0.4 is 10.5 Å². The highest BCUT2D eigenvalue weighted by Gasteiger charge is 2.19. The predicted octanol–water partition coefficient (Wildman–Crippen LogP) is 0.944. The minimum Gasteiger partial charge on any atom is -0.398 e.